The van der Waals surface area contributed by atoms with E-state index in [4.69, 9.17) is 0 Å². The summed E-state index contributed by atoms with van der Waals surface area (Å²) in [6.45, 7) is 7.01. The molecule has 2 aromatic rings. The van der Waals surface area contributed by atoms with Crippen molar-refractivity contribution in [3.63, 3.8) is 0 Å². The first kappa shape index (κ1) is 14.6. The van der Waals surface area contributed by atoms with Gasteiger partial charge in [-0.3, -0.25) is 9.36 Å². The van der Waals surface area contributed by atoms with E-state index in [9.17, 15) is 0 Å². The zero-order chi connectivity index (χ0) is 12.4. The molecule has 1 N–H and O–H groups in total. The Kier molecular flexibility index (Phi) is 4.78. The molecule has 6 heteroatoms. The van der Waals surface area contributed by atoms with Crippen LogP contribution in [0.25, 0.3) is 0 Å². The summed E-state index contributed by atoms with van der Waals surface area (Å²) in [6.07, 6.45) is 1.84. The van der Waals surface area contributed by atoms with Crippen molar-refractivity contribution < 1.29 is 0 Å². The van der Waals surface area contributed by atoms with Gasteiger partial charge in [0.2, 0.25) is 0 Å². The molecule has 0 atom stereocenters. The molecule has 100 valence electrons. The second-order valence-corrected chi connectivity index (χ2v) is 4.51. The molecule has 0 aliphatic rings. The number of hydrogen-bond donors (Lipinski definition) is 1. The van der Waals surface area contributed by atoms with E-state index in [2.05, 4.69) is 29.4 Å². The van der Waals surface area contributed by atoms with Crippen LogP contribution in [-0.2, 0) is 13.6 Å². The van der Waals surface area contributed by atoms with Gasteiger partial charge in [-0.25, -0.2) is 0 Å². The molecular formula is C12H20ClN5. The number of rotatable bonds is 4. The lowest BCUT2D eigenvalue weighted by Crippen LogP contribution is -2.12. The van der Waals surface area contributed by atoms with Crippen molar-refractivity contribution in [2.45, 2.75) is 33.4 Å². The van der Waals surface area contributed by atoms with E-state index in [0.717, 1.165) is 18.1 Å². The summed E-state index contributed by atoms with van der Waals surface area (Å²) in [5.41, 5.74) is 2.20. The van der Waals surface area contributed by atoms with E-state index < -0.39 is 0 Å². The molecule has 2 rings (SSSR count). The maximum absolute atomic E-state index is 4.31. The summed E-state index contributed by atoms with van der Waals surface area (Å²) in [4.78, 5) is 0. The number of nitrogens with zero attached hydrogens (tertiary/aromatic N) is 4. The maximum atomic E-state index is 4.31. The molecule has 0 aliphatic heterocycles. The summed E-state index contributed by atoms with van der Waals surface area (Å²) in [7, 11) is 1.94. The van der Waals surface area contributed by atoms with Crippen LogP contribution in [0.4, 0.5) is 5.82 Å². The SMILES string of the molecule is Cc1cc(NCc2ccnn2C(C)C)n(C)n1.Cl. The topological polar surface area (TPSA) is 47.7 Å². The Morgan fingerprint density at radius 2 is 2.11 bits per heavy atom. The molecule has 0 amide bonds. The van der Waals surface area contributed by atoms with Gasteiger partial charge in [-0.15, -0.1) is 12.4 Å². The molecule has 0 aromatic carbocycles. The van der Waals surface area contributed by atoms with Crippen molar-refractivity contribution in [3.8, 4) is 0 Å². The zero-order valence-corrected chi connectivity index (χ0v) is 12.0. The van der Waals surface area contributed by atoms with Gasteiger partial charge in [0.05, 0.1) is 17.9 Å². The van der Waals surface area contributed by atoms with Crippen LogP contribution >= 0.6 is 12.4 Å². The van der Waals surface area contributed by atoms with Gasteiger partial charge >= 0.3 is 0 Å². The summed E-state index contributed by atoms with van der Waals surface area (Å²) in [5.74, 6) is 1.03. The third kappa shape index (κ3) is 3.04. The van der Waals surface area contributed by atoms with Crippen LogP contribution < -0.4 is 5.32 Å². The van der Waals surface area contributed by atoms with Crippen molar-refractivity contribution in [2.75, 3.05) is 5.32 Å². The van der Waals surface area contributed by atoms with E-state index in [0.29, 0.717) is 6.04 Å². The number of halogens is 1. The minimum Gasteiger partial charge on any atom is -0.365 e. The zero-order valence-electron chi connectivity index (χ0n) is 11.2. The van der Waals surface area contributed by atoms with Gasteiger partial charge in [0.15, 0.2) is 0 Å². The fourth-order valence-electron chi connectivity index (χ4n) is 1.90. The highest BCUT2D eigenvalue weighted by molar-refractivity contribution is 5.85. The molecule has 2 heterocycles. The summed E-state index contributed by atoms with van der Waals surface area (Å²) < 4.78 is 3.88. The molecule has 0 bridgehead atoms. The molecule has 18 heavy (non-hydrogen) atoms. The largest absolute Gasteiger partial charge is 0.365 e. The Morgan fingerprint density at radius 3 is 2.67 bits per heavy atom. The van der Waals surface area contributed by atoms with Gasteiger partial charge in [0, 0.05) is 25.4 Å². The first-order valence-electron chi connectivity index (χ1n) is 5.85. The molecule has 0 fully saturated rings. The van der Waals surface area contributed by atoms with E-state index in [1.54, 1.807) is 0 Å². The van der Waals surface area contributed by atoms with E-state index in [-0.39, 0.29) is 12.4 Å². The lowest BCUT2D eigenvalue weighted by Gasteiger charge is -2.12. The van der Waals surface area contributed by atoms with Crippen molar-refractivity contribution >= 4 is 18.2 Å². The van der Waals surface area contributed by atoms with E-state index >= 15 is 0 Å². The summed E-state index contributed by atoms with van der Waals surface area (Å²) in [6, 6.07) is 4.46. The van der Waals surface area contributed by atoms with Crippen LogP contribution in [0.5, 0.6) is 0 Å². The van der Waals surface area contributed by atoms with Crippen LogP contribution in [0.2, 0.25) is 0 Å². The van der Waals surface area contributed by atoms with Crippen LogP contribution in [-0.4, -0.2) is 19.6 Å². The van der Waals surface area contributed by atoms with Gasteiger partial charge in [0.1, 0.15) is 5.82 Å². The van der Waals surface area contributed by atoms with Gasteiger partial charge < -0.3 is 5.32 Å². The molecule has 0 aliphatic carbocycles. The minimum absolute atomic E-state index is 0. The lowest BCUT2D eigenvalue weighted by atomic mass is 10.3. The molecule has 5 nitrogen and oxygen atoms in total. The number of aromatic nitrogens is 4. The number of anilines is 1. The first-order valence-corrected chi connectivity index (χ1v) is 5.85. The average molecular weight is 270 g/mol. The Morgan fingerprint density at radius 1 is 1.39 bits per heavy atom. The number of nitrogens with one attached hydrogen (secondary N) is 1. The second-order valence-electron chi connectivity index (χ2n) is 4.51. The fraction of sp³-hybridized carbons (Fsp3) is 0.500. The predicted octanol–water partition coefficient (Wildman–Crippen LogP) is 2.54. The third-order valence-electron chi connectivity index (χ3n) is 2.69. The molecule has 0 saturated carbocycles. The van der Waals surface area contributed by atoms with E-state index in [1.165, 1.54) is 5.69 Å². The van der Waals surface area contributed by atoms with Gasteiger partial charge in [-0.1, -0.05) is 0 Å². The standard InChI is InChI=1S/C12H19N5.ClH/c1-9(2)17-11(5-6-14-17)8-13-12-7-10(3)15-16(12)4;/h5-7,9,13H,8H2,1-4H3;1H. The highest BCUT2D eigenvalue weighted by Gasteiger charge is 2.07. The first-order chi connectivity index (χ1) is 8.08. The number of aryl methyl sites for hydroxylation is 2. The summed E-state index contributed by atoms with van der Waals surface area (Å²) in [5, 5.41) is 12.0. The van der Waals surface area contributed by atoms with Gasteiger partial charge in [-0.2, -0.15) is 10.2 Å². The lowest BCUT2D eigenvalue weighted by molar-refractivity contribution is 0.512. The molecule has 0 spiro atoms. The second kappa shape index (κ2) is 5.91. The fourth-order valence-corrected chi connectivity index (χ4v) is 1.90. The highest BCUT2D eigenvalue weighted by Crippen LogP contribution is 2.12. The van der Waals surface area contributed by atoms with Crippen LogP contribution in [0.3, 0.4) is 0 Å². The molecule has 0 saturated heterocycles. The van der Waals surface area contributed by atoms with Crippen LogP contribution in [0.1, 0.15) is 31.3 Å². The van der Waals surface area contributed by atoms with Crippen LogP contribution in [0, 0.1) is 6.92 Å². The van der Waals surface area contributed by atoms with Crippen LogP contribution in [0.15, 0.2) is 18.3 Å². The highest BCUT2D eigenvalue weighted by atomic mass is 35.5. The molecule has 2 aromatic heterocycles. The maximum Gasteiger partial charge on any atom is 0.124 e. The van der Waals surface area contributed by atoms with Crippen molar-refractivity contribution in [1.82, 2.24) is 19.6 Å². The van der Waals surface area contributed by atoms with Gasteiger partial charge in [0.25, 0.3) is 0 Å². The van der Waals surface area contributed by atoms with Crippen molar-refractivity contribution in [2.24, 2.45) is 7.05 Å². The quantitative estimate of drug-likeness (QED) is 0.928. The minimum atomic E-state index is 0. The van der Waals surface area contributed by atoms with Crippen molar-refractivity contribution in [3.05, 3.63) is 29.7 Å². The smallest absolute Gasteiger partial charge is 0.124 e. The summed E-state index contributed by atoms with van der Waals surface area (Å²) >= 11 is 0. The van der Waals surface area contributed by atoms with Gasteiger partial charge in [-0.05, 0) is 26.8 Å². The Labute approximate surface area is 114 Å². The normalized spacial score (nSPS) is 10.5. The van der Waals surface area contributed by atoms with E-state index in [1.807, 2.05) is 41.7 Å². The molecule has 0 unspecified atom stereocenters. The number of hydrogen-bond acceptors (Lipinski definition) is 3. The third-order valence-corrected chi connectivity index (χ3v) is 2.69. The Hall–Kier alpha value is -1.49. The monoisotopic (exact) mass is 269 g/mol. The predicted molar refractivity (Wildman–Crippen MR) is 75.1 cm³/mol. The Bertz CT molecular complexity index is 500. The Balaban J connectivity index is 0.00000162. The average Bonchev–Trinajstić information content (AvgIpc) is 2.82. The molecular weight excluding hydrogens is 250 g/mol. The molecule has 0 radical (unpaired) electrons. The van der Waals surface area contributed by atoms with Crippen molar-refractivity contribution in [1.29, 1.82) is 0 Å².